The van der Waals surface area contributed by atoms with Crippen LogP contribution in [-0.4, -0.2) is 12.9 Å². The Morgan fingerprint density at radius 1 is 0.895 bits per heavy atom. The van der Waals surface area contributed by atoms with Crippen LogP contribution in [0.2, 0.25) is 0 Å². The van der Waals surface area contributed by atoms with E-state index in [1.54, 1.807) is 37.3 Å². The highest BCUT2D eigenvalue weighted by Crippen LogP contribution is 2.49. The van der Waals surface area contributed by atoms with Gasteiger partial charge in [0, 0.05) is 40.8 Å². The third-order valence-corrected chi connectivity index (χ3v) is 10.7. The number of halogens is 9. The molecule has 2 aromatic rings. The van der Waals surface area contributed by atoms with Crippen molar-refractivity contribution in [2.24, 2.45) is 17.8 Å². The van der Waals surface area contributed by atoms with Gasteiger partial charge >= 0.3 is 18.7 Å². The summed E-state index contributed by atoms with van der Waals surface area (Å²) < 4.78 is 130. The van der Waals surface area contributed by atoms with Gasteiger partial charge in [-0.3, -0.25) is 0 Å². The molecule has 0 fully saturated rings. The molecule has 1 aliphatic heterocycles. The van der Waals surface area contributed by atoms with Gasteiger partial charge in [0.15, 0.2) is 0 Å². The third-order valence-electron chi connectivity index (χ3n) is 10.7. The number of hydrogen-bond acceptors (Lipinski definition) is 3. The molecule has 3 nitrogen and oxygen atoms in total. The van der Waals surface area contributed by atoms with Crippen molar-refractivity contribution in [3.8, 4) is 0 Å². The van der Waals surface area contributed by atoms with Gasteiger partial charge in [-0.2, -0.15) is 26.3 Å². The molecular formula is C45H43F9N2O. The van der Waals surface area contributed by atoms with E-state index in [1.807, 2.05) is 61.2 Å². The summed E-state index contributed by atoms with van der Waals surface area (Å²) in [6.45, 7) is 8.24. The topological polar surface area (TPSA) is 24.5 Å². The molecule has 3 unspecified atom stereocenters. The number of para-hydroxylation sites is 1. The van der Waals surface area contributed by atoms with E-state index in [4.69, 9.17) is 0 Å². The fourth-order valence-electron chi connectivity index (χ4n) is 7.78. The molecule has 0 saturated heterocycles. The first-order valence-corrected chi connectivity index (χ1v) is 18.7. The molecule has 6 rings (SSSR count). The van der Waals surface area contributed by atoms with Crippen LogP contribution in [0.5, 0.6) is 0 Å². The molecule has 0 radical (unpaired) electrons. The Labute approximate surface area is 326 Å². The zero-order valence-corrected chi connectivity index (χ0v) is 31.8. The van der Waals surface area contributed by atoms with Gasteiger partial charge in [-0.15, -0.1) is 13.2 Å². The fraction of sp³-hybridized carbons (Fsp3) is 0.333. The van der Waals surface area contributed by atoms with E-state index in [9.17, 15) is 39.5 Å². The number of rotatable bonds is 10. The molecule has 0 aromatic heterocycles. The molecule has 57 heavy (non-hydrogen) atoms. The minimum atomic E-state index is -5.06. The Kier molecular flexibility index (Phi) is 11.7. The molecule has 302 valence electrons. The van der Waals surface area contributed by atoms with E-state index in [0.717, 1.165) is 23.2 Å². The van der Waals surface area contributed by atoms with Crippen LogP contribution in [0.15, 0.2) is 149 Å². The minimum Gasteiger partial charge on any atom is -0.406 e. The summed E-state index contributed by atoms with van der Waals surface area (Å²) in [7, 11) is 0. The van der Waals surface area contributed by atoms with E-state index in [1.165, 1.54) is 12.2 Å². The second-order valence-electron chi connectivity index (χ2n) is 15.4. The predicted molar refractivity (Wildman–Crippen MR) is 206 cm³/mol. The van der Waals surface area contributed by atoms with Gasteiger partial charge in [0.05, 0.1) is 11.1 Å². The molecular weight excluding hydrogens is 755 g/mol. The van der Waals surface area contributed by atoms with Crippen molar-refractivity contribution >= 4 is 11.4 Å². The first kappa shape index (κ1) is 41.5. The largest absolute Gasteiger partial charge is 0.573 e. The number of ether oxygens (including phenoxy) is 1. The van der Waals surface area contributed by atoms with Crippen LogP contribution in [0.1, 0.15) is 63.6 Å². The maximum atomic E-state index is 14.1. The monoisotopic (exact) mass is 798 g/mol. The molecule has 0 saturated carbocycles. The van der Waals surface area contributed by atoms with Gasteiger partial charge < -0.3 is 15.0 Å². The molecule has 2 aromatic carbocycles. The summed E-state index contributed by atoms with van der Waals surface area (Å²) in [5, 5.41) is 2.85. The SMILES string of the molecule is CC(C=C(C=C1N(CCC2C=CC=CC2C)c2ccccc2C1(C)C)OC(F)(F)F)CC1=C(Nc2cc(C(F)(F)F)cc(C(F)(F)F)c2)C2=CC=CC=C(C=C1)C2. The smallest absolute Gasteiger partial charge is 0.406 e. The Morgan fingerprint density at radius 3 is 2.23 bits per heavy atom. The highest BCUT2D eigenvalue weighted by Gasteiger charge is 2.42. The van der Waals surface area contributed by atoms with Crippen LogP contribution in [-0.2, 0) is 22.5 Å². The van der Waals surface area contributed by atoms with Crippen molar-refractivity contribution in [1.82, 2.24) is 0 Å². The summed E-state index contributed by atoms with van der Waals surface area (Å²) in [6.07, 6.45) is 7.45. The van der Waals surface area contributed by atoms with Crippen LogP contribution in [0.4, 0.5) is 50.9 Å². The number of hydrogen-bond donors (Lipinski definition) is 1. The highest BCUT2D eigenvalue weighted by atomic mass is 19.4. The number of fused-ring (bicyclic) bond motifs is 3. The summed E-state index contributed by atoms with van der Waals surface area (Å²) >= 11 is 0. The minimum absolute atomic E-state index is 0.0545. The van der Waals surface area contributed by atoms with Gasteiger partial charge in [0.1, 0.15) is 5.76 Å². The Balaban J connectivity index is 1.40. The van der Waals surface area contributed by atoms with Gasteiger partial charge in [-0.25, -0.2) is 0 Å². The zero-order valence-electron chi connectivity index (χ0n) is 31.8. The van der Waals surface area contributed by atoms with E-state index >= 15 is 0 Å². The number of nitrogens with zero attached hydrogens (tertiary/aromatic N) is 1. The average molecular weight is 799 g/mol. The van der Waals surface area contributed by atoms with E-state index in [0.29, 0.717) is 41.9 Å². The van der Waals surface area contributed by atoms with Crippen molar-refractivity contribution in [3.63, 3.8) is 0 Å². The number of benzene rings is 2. The Bertz CT molecular complexity index is 2100. The van der Waals surface area contributed by atoms with Crippen molar-refractivity contribution in [3.05, 3.63) is 166 Å². The normalized spacial score (nSPS) is 21.9. The Hall–Kier alpha value is -5.13. The fourth-order valence-corrected chi connectivity index (χ4v) is 7.78. The third kappa shape index (κ3) is 9.88. The van der Waals surface area contributed by atoms with Crippen LogP contribution in [0, 0.1) is 17.8 Å². The quantitative estimate of drug-likeness (QED) is 0.191. The van der Waals surface area contributed by atoms with Crippen molar-refractivity contribution < 1.29 is 44.3 Å². The maximum absolute atomic E-state index is 14.1. The molecule has 3 aliphatic carbocycles. The lowest BCUT2D eigenvalue weighted by atomic mass is 9.83. The molecule has 2 bridgehead atoms. The summed E-state index contributed by atoms with van der Waals surface area (Å²) in [4.78, 5) is 2.05. The molecule has 0 amide bonds. The second-order valence-corrected chi connectivity index (χ2v) is 15.4. The first-order chi connectivity index (χ1) is 26.7. The molecule has 1 N–H and O–H groups in total. The van der Waals surface area contributed by atoms with Gasteiger partial charge in [-0.05, 0) is 89.6 Å². The van der Waals surface area contributed by atoms with Crippen LogP contribution in [0.25, 0.3) is 0 Å². The van der Waals surface area contributed by atoms with Crippen LogP contribution < -0.4 is 10.2 Å². The lowest BCUT2D eigenvalue weighted by Crippen LogP contribution is -2.29. The van der Waals surface area contributed by atoms with Crippen molar-refractivity contribution in [1.29, 1.82) is 0 Å². The molecule has 12 heteroatoms. The number of nitrogens with one attached hydrogen (secondary N) is 1. The molecule has 3 atom stereocenters. The van der Waals surface area contributed by atoms with Gasteiger partial charge in [-0.1, -0.05) is 107 Å². The molecule has 0 spiro atoms. The van der Waals surface area contributed by atoms with E-state index < -0.39 is 52.6 Å². The highest BCUT2D eigenvalue weighted by molar-refractivity contribution is 5.71. The molecule has 4 aliphatic rings. The summed E-state index contributed by atoms with van der Waals surface area (Å²) in [5.74, 6) is -0.574. The maximum Gasteiger partial charge on any atom is 0.573 e. The Morgan fingerprint density at radius 2 is 1.56 bits per heavy atom. The lowest BCUT2D eigenvalue weighted by molar-refractivity contribution is -0.303. The predicted octanol–water partition coefficient (Wildman–Crippen LogP) is 13.7. The number of alkyl halides is 9. The van der Waals surface area contributed by atoms with Crippen LogP contribution >= 0.6 is 0 Å². The zero-order chi connectivity index (χ0) is 41.3. The van der Waals surface area contributed by atoms with Gasteiger partial charge in [0.2, 0.25) is 0 Å². The second kappa shape index (κ2) is 16.0. The van der Waals surface area contributed by atoms with Crippen LogP contribution in [0.3, 0.4) is 0 Å². The van der Waals surface area contributed by atoms with Crippen molar-refractivity contribution in [2.75, 3.05) is 16.8 Å². The van der Waals surface area contributed by atoms with E-state index in [-0.39, 0.29) is 30.0 Å². The summed E-state index contributed by atoms with van der Waals surface area (Å²) in [5.41, 5.74) is 0.472. The molecule has 1 heterocycles. The number of anilines is 2. The average Bonchev–Trinajstić information content (AvgIpc) is 3.31. The standard InChI is InChI=1S/C45H43F9N2O/c1-28(21-33-18-17-30-12-6-8-14-32(23-30)41(33)55-36-25-34(43(46,47)48)24-35(26-36)44(49,50)51)22-37(57-45(52,53)54)27-40-42(3,4)38-15-9-10-16-39(38)56(40)20-19-31-13-7-5-11-29(31)2/h5-18,22,24-29,31,55H,19-21,23H2,1-4H3. The van der Waals surface area contributed by atoms with Gasteiger partial charge in [0.25, 0.3) is 0 Å². The number of allylic oxidation sites excluding steroid dienone is 16. The lowest BCUT2D eigenvalue weighted by Gasteiger charge is -2.30. The van der Waals surface area contributed by atoms with Crippen molar-refractivity contribution in [2.45, 2.75) is 71.1 Å². The first-order valence-electron chi connectivity index (χ1n) is 18.7. The summed E-state index contributed by atoms with van der Waals surface area (Å²) in [6, 6.07) is 8.98. The van der Waals surface area contributed by atoms with E-state index in [2.05, 4.69) is 29.1 Å².